The number of H-pyrrole nitrogens is 1. The van der Waals surface area contributed by atoms with Gasteiger partial charge in [-0.15, -0.1) is 11.3 Å². The predicted molar refractivity (Wildman–Crippen MR) is 87.0 cm³/mol. The molecule has 22 heavy (non-hydrogen) atoms. The van der Waals surface area contributed by atoms with Crippen LogP contribution >= 0.6 is 11.3 Å². The Balaban J connectivity index is 1.41. The van der Waals surface area contributed by atoms with Gasteiger partial charge < -0.3 is 4.90 Å². The van der Waals surface area contributed by atoms with Gasteiger partial charge in [-0.05, 0) is 44.4 Å². The number of carbonyl (C=O) groups excluding carboxylic acids is 1. The third-order valence-electron chi connectivity index (χ3n) is 4.93. The smallest absolute Gasteiger partial charge is 0.226 e. The summed E-state index contributed by atoms with van der Waals surface area (Å²) in [6.07, 6.45) is 5.06. The average molecular weight is 315 g/mol. The number of aromatic amines is 1. The number of carbonyl (C=O) groups is 1. The summed E-state index contributed by atoms with van der Waals surface area (Å²) in [4.78, 5) is 17.6. The number of hydrogen-bond acceptors (Lipinski definition) is 3. The number of piperidine rings is 1. The van der Waals surface area contributed by atoms with Gasteiger partial charge in [0.2, 0.25) is 5.91 Å². The van der Waals surface area contributed by atoms with Gasteiger partial charge in [0.25, 0.3) is 0 Å². The fraction of sp³-hybridized carbons (Fsp3) is 0.529. The van der Waals surface area contributed by atoms with Gasteiger partial charge in [-0.3, -0.25) is 9.89 Å². The van der Waals surface area contributed by atoms with Crippen LogP contribution in [0.25, 0.3) is 0 Å². The molecule has 1 amide bonds. The summed E-state index contributed by atoms with van der Waals surface area (Å²) in [5.74, 6) is 1.47. The van der Waals surface area contributed by atoms with Crippen molar-refractivity contribution in [1.29, 1.82) is 0 Å². The Hall–Kier alpha value is -1.62. The molecule has 0 spiro atoms. The van der Waals surface area contributed by atoms with Crippen LogP contribution in [0.4, 0.5) is 0 Å². The highest BCUT2D eigenvalue weighted by atomic mass is 32.1. The third-order valence-corrected chi connectivity index (χ3v) is 6.06. The Kier molecular flexibility index (Phi) is 3.53. The molecule has 3 atom stereocenters. The van der Waals surface area contributed by atoms with Crippen LogP contribution in [0, 0.1) is 12.8 Å². The van der Waals surface area contributed by atoms with E-state index < -0.39 is 0 Å². The van der Waals surface area contributed by atoms with Crippen LogP contribution < -0.4 is 0 Å². The first-order chi connectivity index (χ1) is 10.7. The highest BCUT2D eigenvalue weighted by Crippen LogP contribution is 2.50. The number of rotatable bonds is 3. The molecule has 0 bridgehead atoms. The summed E-state index contributed by atoms with van der Waals surface area (Å²) in [5.41, 5.74) is 1.17. The number of likely N-dealkylation sites (tertiary alicyclic amines) is 1. The van der Waals surface area contributed by atoms with Crippen molar-refractivity contribution in [3.8, 4) is 0 Å². The molecule has 4 rings (SSSR count). The number of thiophene rings is 1. The number of aromatic nitrogens is 2. The van der Waals surface area contributed by atoms with Gasteiger partial charge in [0, 0.05) is 52.5 Å². The van der Waals surface area contributed by atoms with Crippen LogP contribution in [0.15, 0.2) is 24.4 Å². The molecule has 4 nitrogen and oxygen atoms in total. The van der Waals surface area contributed by atoms with Gasteiger partial charge >= 0.3 is 0 Å². The zero-order chi connectivity index (χ0) is 15.1. The van der Waals surface area contributed by atoms with Crippen molar-refractivity contribution in [2.24, 2.45) is 5.92 Å². The minimum absolute atomic E-state index is 0.221. The van der Waals surface area contributed by atoms with E-state index in [2.05, 4.69) is 34.2 Å². The third kappa shape index (κ3) is 2.58. The lowest BCUT2D eigenvalue weighted by Gasteiger charge is -2.32. The number of amides is 1. The lowest BCUT2D eigenvalue weighted by atomic mass is 9.94. The molecular formula is C17H21N3OS. The first-order valence-electron chi connectivity index (χ1n) is 8.07. The maximum absolute atomic E-state index is 12.8. The number of nitrogens with one attached hydrogen (secondary N) is 1. The molecule has 0 aromatic carbocycles. The molecule has 2 aliphatic rings. The summed E-state index contributed by atoms with van der Waals surface area (Å²) < 4.78 is 0. The second kappa shape index (κ2) is 5.54. The highest BCUT2D eigenvalue weighted by molar-refractivity contribution is 7.12. The SMILES string of the molecule is Cc1ccc([C@@H]2C[C@H]2C(=O)N2CCC[C@@H](c3ccn[nH]3)C2)s1. The lowest BCUT2D eigenvalue weighted by Crippen LogP contribution is -2.40. The fourth-order valence-corrected chi connectivity index (χ4v) is 4.65. The van der Waals surface area contributed by atoms with Crippen LogP contribution in [0.1, 0.15) is 46.5 Å². The summed E-state index contributed by atoms with van der Waals surface area (Å²) >= 11 is 1.84. The van der Waals surface area contributed by atoms with E-state index in [9.17, 15) is 4.79 Å². The molecule has 2 aromatic heterocycles. The van der Waals surface area contributed by atoms with Gasteiger partial charge in [0.05, 0.1) is 0 Å². The average Bonchev–Trinajstić information content (AvgIpc) is 2.95. The van der Waals surface area contributed by atoms with E-state index >= 15 is 0 Å². The topological polar surface area (TPSA) is 49.0 Å². The summed E-state index contributed by atoms with van der Waals surface area (Å²) in [6, 6.07) is 6.39. The molecule has 1 saturated carbocycles. The molecule has 1 saturated heterocycles. The molecule has 0 radical (unpaired) electrons. The zero-order valence-corrected chi connectivity index (χ0v) is 13.6. The van der Waals surface area contributed by atoms with E-state index in [-0.39, 0.29) is 5.92 Å². The van der Waals surface area contributed by atoms with Crippen molar-refractivity contribution >= 4 is 17.2 Å². The molecule has 0 unspecified atom stereocenters. The van der Waals surface area contributed by atoms with Crippen molar-refractivity contribution in [2.45, 2.75) is 38.0 Å². The molecule has 2 fully saturated rings. The van der Waals surface area contributed by atoms with Gasteiger partial charge in [0.15, 0.2) is 0 Å². The Bertz CT molecular complexity index is 663. The Morgan fingerprint density at radius 1 is 1.41 bits per heavy atom. The van der Waals surface area contributed by atoms with Gasteiger partial charge in [-0.1, -0.05) is 0 Å². The molecular weight excluding hydrogens is 294 g/mol. The van der Waals surface area contributed by atoms with Crippen molar-refractivity contribution in [3.05, 3.63) is 39.8 Å². The van der Waals surface area contributed by atoms with E-state index in [1.54, 1.807) is 6.20 Å². The quantitative estimate of drug-likeness (QED) is 0.945. The summed E-state index contributed by atoms with van der Waals surface area (Å²) in [7, 11) is 0. The molecule has 1 N–H and O–H groups in total. The fourth-order valence-electron chi connectivity index (χ4n) is 3.59. The van der Waals surface area contributed by atoms with Crippen LogP contribution in [0.5, 0.6) is 0 Å². The largest absolute Gasteiger partial charge is 0.342 e. The van der Waals surface area contributed by atoms with E-state index in [0.29, 0.717) is 17.7 Å². The van der Waals surface area contributed by atoms with Crippen molar-refractivity contribution in [2.75, 3.05) is 13.1 Å². The van der Waals surface area contributed by atoms with Crippen LogP contribution in [-0.2, 0) is 4.79 Å². The number of nitrogens with zero attached hydrogens (tertiary/aromatic N) is 2. The predicted octanol–water partition coefficient (Wildman–Crippen LogP) is 3.29. The Labute approximate surface area is 134 Å². The Morgan fingerprint density at radius 2 is 2.32 bits per heavy atom. The second-order valence-electron chi connectivity index (χ2n) is 6.53. The normalized spacial score (nSPS) is 27.9. The molecule has 1 aliphatic heterocycles. The van der Waals surface area contributed by atoms with E-state index in [1.807, 2.05) is 17.4 Å². The van der Waals surface area contributed by atoms with Gasteiger partial charge in [0.1, 0.15) is 0 Å². The van der Waals surface area contributed by atoms with Gasteiger partial charge in [-0.25, -0.2) is 0 Å². The lowest BCUT2D eigenvalue weighted by molar-refractivity contribution is -0.133. The molecule has 3 heterocycles. The summed E-state index contributed by atoms with van der Waals surface area (Å²) in [6.45, 7) is 3.89. The van der Waals surface area contributed by atoms with E-state index in [1.165, 1.54) is 15.4 Å². The van der Waals surface area contributed by atoms with Crippen LogP contribution in [0.2, 0.25) is 0 Å². The minimum atomic E-state index is 0.221. The van der Waals surface area contributed by atoms with Crippen molar-refractivity contribution in [3.63, 3.8) is 0 Å². The molecule has 1 aliphatic carbocycles. The number of aryl methyl sites for hydroxylation is 1. The molecule has 116 valence electrons. The van der Waals surface area contributed by atoms with E-state index in [4.69, 9.17) is 0 Å². The summed E-state index contributed by atoms with van der Waals surface area (Å²) in [5, 5.41) is 7.10. The van der Waals surface area contributed by atoms with Gasteiger partial charge in [-0.2, -0.15) is 5.10 Å². The Morgan fingerprint density at radius 3 is 3.05 bits per heavy atom. The first-order valence-corrected chi connectivity index (χ1v) is 8.88. The van der Waals surface area contributed by atoms with Crippen LogP contribution in [-0.4, -0.2) is 34.1 Å². The minimum Gasteiger partial charge on any atom is -0.342 e. The monoisotopic (exact) mass is 315 g/mol. The second-order valence-corrected chi connectivity index (χ2v) is 7.85. The standard InChI is InChI=1S/C17H21N3OS/c1-11-4-5-16(22-11)13-9-14(13)17(21)20-8-2-3-12(10-20)15-6-7-18-19-15/h4-7,12-14H,2-3,8-10H2,1H3,(H,18,19)/t12-,13-,14-/m1/s1. The molecule has 5 heteroatoms. The maximum Gasteiger partial charge on any atom is 0.226 e. The van der Waals surface area contributed by atoms with Crippen molar-refractivity contribution < 1.29 is 4.79 Å². The zero-order valence-electron chi connectivity index (χ0n) is 12.8. The van der Waals surface area contributed by atoms with Crippen molar-refractivity contribution in [1.82, 2.24) is 15.1 Å². The molecule has 2 aromatic rings. The van der Waals surface area contributed by atoms with Crippen LogP contribution in [0.3, 0.4) is 0 Å². The maximum atomic E-state index is 12.8. The van der Waals surface area contributed by atoms with E-state index in [0.717, 1.165) is 32.4 Å². The first kappa shape index (κ1) is 14.0. The number of hydrogen-bond donors (Lipinski definition) is 1. The highest BCUT2D eigenvalue weighted by Gasteiger charge is 2.47.